The van der Waals surface area contributed by atoms with Gasteiger partial charge < -0.3 is 14.8 Å². The monoisotopic (exact) mass is 445 g/mol. The van der Waals surface area contributed by atoms with Crippen LogP contribution in [0.1, 0.15) is 43.2 Å². The standard InChI is InChI=1S/C25H23N3O5/c1-14(29)33-19-12-11-15(13-20(19)32-2)21-22-17(9-6-10-18(22)30)26-24-23(21)25(31)28(27-24)16-7-4-3-5-8-16/h3-5,7-8,11-13,21,26-27H,6,9-10H2,1-2H3/t21-/m0/s1. The smallest absolute Gasteiger partial charge is 0.308 e. The topological polar surface area (TPSA) is 102 Å². The van der Waals surface area contributed by atoms with E-state index in [4.69, 9.17) is 9.47 Å². The van der Waals surface area contributed by atoms with Crippen LogP contribution in [0.4, 0.5) is 5.82 Å². The number of hydrogen-bond acceptors (Lipinski definition) is 6. The van der Waals surface area contributed by atoms with Gasteiger partial charge in [0, 0.05) is 30.5 Å². The maximum atomic E-state index is 13.6. The van der Waals surface area contributed by atoms with E-state index in [-0.39, 0.29) is 17.1 Å². The number of anilines is 1. The van der Waals surface area contributed by atoms with Crippen molar-refractivity contribution in [1.29, 1.82) is 0 Å². The third-order valence-corrected chi connectivity index (χ3v) is 6.02. The molecule has 0 fully saturated rings. The number of carbonyl (C=O) groups is 2. The number of allylic oxidation sites excluding steroid dienone is 2. The highest BCUT2D eigenvalue weighted by molar-refractivity contribution is 6.01. The Hall–Kier alpha value is -4.07. The van der Waals surface area contributed by atoms with E-state index in [0.29, 0.717) is 40.4 Å². The zero-order valence-electron chi connectivity index (χ0n) is 18.3. The van der Waals surface area contributed by atoms with Gasteiger partial charge in [-0.3, -0.25) is 19.5 Å². The van der Waals surface area contributed by atoms with Crippen LogP contribution < -0.4 is 20.3 Å². The van der Waals surface area contributed by atoms with Crippen LogP contribution in [0.3, 0.4) is 0 Å². The minimum atomic E-state index is -0.571. The summed E-state index contributed by atoms with van der Waals surface area (Å²) >= 11 is 0. The lowest BCUT2D eigenvalue weighted by Crippen LogP contribution is -2.29. The molecule has 2 aliphatic rings. The summed E-state index contributed by atoms with van der Waals surface area (Å²) in [6.45, 7) is 1.32. The summed E-state index contributed by atoms with van der Waals surface area (Å²) in [4.78, 5) is 38.1. The number of nitrogens with zero attached hydrogens (tertiary/aromatic N) is 1. The molecule has 1 aromatic heterocycles. The van der Waals surface area contributed by atoms with E-state index < -0.39 is 11.9 Å². The Morgan fingerprint density at radius 1 is 1.06 bits per heavy atom. The van der Waals surface area contributed by atoms with Gasteiger partial charge in [-0.15, -0.1) is 0 Å². The van der Waals surface area contributed by atoms with Crippen molar-refractivity contribution in [2.75, 3.05) is 12.4 Å². The number of para-hydroxylation sites is 1. The molecule has 2 N–H and O–H groups in total. The Bertz CT molecular complexity index is 1350. The second kappa shape index (κ2) is 8.12. The number of ether oxygens (including phenoxy) is 2. The second-order valence-corrected chi connectivity index (χ2v) is 8.11. The molecule has 0 saturated carbocycles. The number of H-pyrrole nitrogens is 1. The predicted octanol–water partition coefficient (Wildman–Crippen LogP) is 3.66. The lowest BCUT2D eigenvalue weighted by atomic mass is 9.77. The first-order valence-electron chi connectivity index (χ1n) is 10.8. The fraction of sp³-hybridized carbons (Fsp3) is 0.240. The molecule has 8 heteroatoms. The predicted molar refractivity (Wildman–Crippen MR) is 122 cm³/mol. The van der Waals surface area contributed by atoms with Crippen molar-refractivity contribution in [3.05, 3.63) is 81.3 Å². The molecule has 168 valence electrons. The molecule has 0 saturated heterocycles. The summed E-state index contributed by atoms with van der Waals surface area (Å²) in [5.74, 6) is 0.196. The fourth-order valence-corrected chi connectivity index (χ4v) is 4.63. The number of aromatic nitrogens is 2. The zero-order chi connectivity index (χ0) is 23.1. The van der Waals surface area contributed by atoms with Crippen LogP contribution in [0, 0.1) is 0 Å². The van der Waals surface area contributed by atoms with Crippen molar-refractivity contribution in [3.63, 3.8) is 0 Å². The molecule has 2 aromatic carbocycles. The van der Waals surface area contributed by atoms with Gasteiger partial charge in [-0.2, -0.15) is 0 Å². The minimum absolute atomic E-state index is 0.0225. The van der Waals surface area contributed by atoms with Gasteiger partial charge in [0.25, 0.3) is 5.56 Å². The number of nitrogens with one attached hydrogen (secondary N) is 2. The number of aromatic amines is 1. The van der Waals surface area contributed by atoms with Crippen LogP contribution in [-0.2, 0) is 9.59 Å². The van der Waals surface area contributed by atoms with Crippen LogP contribution >= 0.6 is 0 Å². The number of rotatable bonds is 4. The fourth-order valence-electron chi connectivity index (χ4n) is 4.63. The molecule has 1 aliphatic heterocycles. The number of carbonyl (C=O) groups excluding carboxylic acids is 2. The third-order valence-electron chi connectivity index (χ3n) is 6.02. The Morgan fingerprint density at radius 3 is 2.58 bits per heavy atom. The lowest BCUT2D eigenvalue weighted by molar-refractivity contribution is -0.132. The number of benzene rings is 2. The number of Topliss-reactive ketones (excluding diaryl/α,β-unsaturated/α-hetero) is 1. The van der Waals surface area contributed by atoms with Gasteiger partial charge in [-0.1, -0.05) is 24.3 Å². The van der Waals surface area contributed by atoms with Crippen molar-refractivity contribution in [3.8, 4) is 17.2 Å². The van der Waals surface area contributed by atoms with E-state index in [1.165, 1.54) is 18.7 Å². The Kier molecular flexibility index (Phi) is 5.12. The number of methoxy groups -OCH3 is 1. The van der Waals surface area contributed by atoms with Crippen LogP contribution in [0.2, 0.25) is 0 Å². The molecule has 1 atom stereocenters. The normalized spacial score (nSPS) is 17.2. The first-order chi connectivity index (χ1) is 16.0. The summed E-state index contributed by atoms with van der Waals surface area (Å²) in [6, 6.07) is 14.4. The van der Waals surface area contributed by atoms with Crippen LogP contribution in [-0.4, -0.2) is 28.6 Å². The molecule has 0 spiro atoms. The zero-order valence-corrected chi connectivity index (χ0v) is 18.3. The lowest BCUT2D eigenvalue weighted by Gasteiger charge is -2.31. The van der Waals surface area contributed by atoms with Crippen LogP contribution in [0.5, 0.6) is 11.5 Å². The number of fused-ring (bicyclic) bond motifs is 1. The van der Waals surface area contributed by atoms with Gasteiger partial charge >= 0.3 is 5.97 Å². The van der Waals surface area contributed by atoms with E-state index >= 15 is 0 Å². The Morgan fingerprint density at radius 2 is 1.85 bits per heavy atom. The molecule has 33 heavy (non-hydrogen) atoms. The van der Waals surface area contributed by atoms with E-state index in [9.17, 15) is 14.4 Å². The molecule has 8 nitrogen and oxygen atoms in total. The third kappa shape index (κ3) is 3.53. The van der Waals surface area contributed by atoms with Crippen molar-refractivity contribution in [2.45, 2.75) is 32.1 Å². The first kappa shape index (κ1) is 20.8. The molecule has 0 radical (unpaired) electrons. The highest BCUT2D eigenvalue weighted by Gasteiger charge is 2.39. The molecule has 2 heterocycles. The molecular formula is C25H23N3O5. The van der Waals surface area contributed by atoms with Gasteiger partial charge in [0.15, 0.2) is 17.3 Å². The summed E-state index contributed by atoms with van der Waals surface area (Å²) in [5, 5.41) is 6.49. The first-order valence-corrected chi connectivity index (χ1v) is 10.8. The van der Waals surface area contributed by atoms with Gasteiger partial charge in [-0.05, 0) is 42.7 Å². The van der Waals surface area contributed by atoms with Gasteiger partial charge in [0.2, 0.25) is 0 Å². The SMILES string of the molecule is COc1cc([C@H]2C3=C(CCCC3=O)Nc3[nH]n(-c4ccccc4)c(=O)c32)ccc1OC(C)=O. The summed E-state index contributed by atoms with van der Waals surface area (Å²) < 4.78 is 12.2. The molecule has 0 unspecified atom stereocenters. The van der Waals surface area contributed by atoms with E-state index in [1.54, 1.807) is 18.2 Å². The quantitative estimate of drug-likeness (QED) is 0.469. The maximum Gasteiger partial charge on any atom is 0.308 e. The molecular weight excluding hydrogens is 422 g/mol. The van der Waals surface area contributed by atoms with Gasteiger partial charge in [-0.25, -0.2) is 4.68 Å². The van der Waals surface area contributed by atoms with Crippen molar-refractivity contribution < 1.29 is 19.1 Å². The number of ketones is 1. The van der Waals surface area contributed by atoms with Crippen LogP contribution in [0.25, 0.3) is 5.69 Å². The van der Waals surface area contributed by atoms with E-state index in [2.05, 4.69) is 10.4 Å². The summed E-state index contributed by atoms with van der Waals surface area (Å²) in [5.41, 5.74) is 3.08. The molecule has 5 rings (SSSR count). The largest absolute Gasteiger partial charge is 0.493 e. The van der Waals surface area contributed by atoms with E-state index in [1.807, 2.05) is 30.3 Å². The highest BCUT2D eigenvalue weighted by Crippen LogP contribution is 2.45. The number of hydrogen-bond donors (Lipinski definition) is 2. The Balaban J connectivity index is 1.71. The Labute approximate surface area is 189 Å². The van der Waals surface area contributed by atoms with Crippen molar-refractivity contribution in [2.24, 2.45) is 0 Å². The average molecular weight is 445 g/mol. The van der Waals surface area contributed by atoms with Crippen LogP contribution in [0.15, 0.2) is 64.6 Å². The summed E-state index contributed by atoms with van der Waals surface area (Å²) in [7, 11) is 1.48. The average Bonchev–Trinajstić information content (AvgIpc) is 3.14. The minimum Gasteiger partial charge on any atom is -0.493 e. The van der Waals surface area contributed by atoms with E-state index in [0.717, 1.165) is 18.5 Å². The second-order valence-electron chi connectivity index (χ2n) is 8.11. The molecule has 0 bridgehead atoms. The summed E-state index contributed by atoms with van der Waals surface area (Å²) in [6.07, 6.45) is 1.91. The maximum absolute atomic E-state index is 13.6. The molecule has 0 amide bonds. The highest BCUT2D eigenvalue weighted by atomic mass is 16.6. The van der Waals surface area contributed by atoms with Crippen molar-refractivity contribution >= 4 is 17.6 Å². The molecule has 1 aliphatic carbocycles. The van der Waals surface area contributed by atoms with Gasteiger partial charge in [0.05, 0.1) is 18.4 Å². The number of esters is 1. The van der Waals surface area contributed by atoms with Gasteiger partial charge in [0.1, 0.15) is 5.82 Å². The molecule has 3 aromatic rings. The van der Waals surface area contributed by atoms with Crippen molar-refractivity contribution in [1.82, 2.24) is 9.78 Å².